The van der Waals surface area contributed by atoms with Crippen molar-refractivity contribution in [2.24, 2.45) is 0 Å². The zero-order valence-corrected chi connectivity index (χ0v) is 16.2. The van der Waals surface area contributed by atoms with Crippen LogP contribution in [0.4, 0.5) is 0 Å². The van der Waals surface area contributed by atoms with Crippen LogP contribution in [0.15, 0.2) is 48.8 Å². The van der Waals surface area contributed by atoms with Gasteiger partial charge < -0.3 is 15.2 Å². The Morgan fingerprint density at radius 2 is 2.25 bits per heavy atom. The van der Waals surface area contributed by atoms with Crippen molar-refractivity contribution in [1.82, 2.24) is 15.5 Å². The summed E-state index contributed by atoms with van der Waals surface area (Å²) in [4.78, 5) is 11.9. The lowest BCUT2D eigenvalue weighted by Crippen LogP contribution is -2.19. The van der Waals surface area contributed by atoms with Gasteiger partial charge in [0, 0.05) is 17.3 Å². The zero-order chi connectivity index (χ0) is 20.1. The number of aromatic amines is 1. The number of benzene rings is 1. The van der Waals surface area contributed by atoms with E-state index in [-0.39, 0.29) is 17.4 Å². The fourth-order valence-electron chi connectivity index (χ4n) is 3.32. The highest BCUT2D eigenvalue weighted by molar-refractivity contribution is 5.92. The molecule has 1 aromatic heterocycles. The van der Waals surface area contributed by atoms with Crippen LogP contribution in [0.3, 0.4) is 0 Å². The third kappa shape index (κ3) is 3.86. The summed E-state index contributed by atoms with van der Waals surface area (Å²) in [5.41, 5.74) is 5.21. The Labute approximate surface area is 164 Å². The van der Waals surface area contributed by atoms with E-state index < -0.39 is 5.97 Å². The number of aromatic hydroxyl groups is 1. The van der Waals surface area contributed by atoms with Gasteiger partial charge in [0.05, 0.1) is 25.0 Å². The second-order valence-corrected chi connectivity index (χ2v) is 6.67. The minimum Gasteiger partial charge on any atom is -0.507 e. The molecule has 0 aliphatic carbocycles. The molecule has 0 saturated heterocycles. The molecule has 6 heteroatoms. The van der Waals surface area contributed by atoms with Gasteiger partial charge in [-0.05, 0) is 42.2 Å². The van der Waals surface area contributed by atoms with Crippen molar-refractivity contribution in [2.45, 2.75) is 32.2 Å². The maximum absolute atomic E-state index is 11.9. The van der Waals surface area contributed by atoms with E-state index in [1.54, 1.807) is 24.4 Å². The minimum absolute atomic E-state index is 0.0909. The lowest BCUT2D eigenvalue weighted by Gasteiger charge is -2.25. The molecule has 0 bridgehead atoms. The number of dihydropyridines is 1. The first-order valence-corrected chi connectivity index (χ1v) is 9.33. The standard InChI is InChI=1S/C22H25N3O3/c1-4-6-7-14-11-20(15-8-9-21(26)16(10-15)22(27)28-3)23-12-17(14)18-13-24-25-19(18)5-2/h5,8-13,20,23,26H,2,4,6-7H2,1,3H3,(H,24,25). The number of esters is 1. The number of carbonyl (C=O) groups excluding carboxylic acids is 1. The lowest BCUT2D eigenvalue weighted by atomic mass is 9.89. The van der Waals surface area contributed by atoms with E-state index in [4.69, 9.17) is 4.74 Å². The molecule has 6 nitrogen and oxygen atoms in total. The smallest absolute Gasteiger partial charge is 0.341 e. The molecule has 1 aromatic carbocycles. The number of unbranched alkanes of at least 4 members (excludes halogenated alkanes) is 1. The van der Waals surface area contributed by atoms with Gasteiger partial charge in [-0.3, -0.25) is 5.10 Å². The molecule has 1 aliphatic rings. The third-order valence-corrected chi connectivity index (χ3v) is 4.87. The number of H-pyrrole nitrogens is 1. The summed E-state index contributed by atoms with van der Waals surface area (Å²) >= 11 is 0. The largest absolute Gasteiger partial charge is 0.507 e. The molecule has 0 fully saturated rings. The van der Waals surface area contributed by atoms with Gasteiger partial charge in [0.1, 0.15) is 11.3 Å². The quantitative estimate of drug-likeness (QED) is 0.623. The second kappa shape index (κ2) is 8.61. The highest BCUT2D eigenvalue weighted by Crippen LogP contribution is 2.35. The third-order valence-electron chi connectivity index (χ3n) is 4.87. The molecule has 2 heterocycles. The fourth-order valence-corrected chi connectivity index (χ4v) is 3.32. The monoisotopic (exact) mass is 379 g/mol. The van der Waals surface area contributed by atoms with Crippen molar-refractivity contribution in [3.8, 4) is 5.75 Å². The fraction of sp³-hybridized carbons (Fsp3) is 0.273. The highest BCUT2D eigenvalue weighted by Gasteiger charge is 2.22. The van der Waals surface area contributed by atoms with Gasteiger partial charge in [-0.15, -0.1) is 0 Å². The molecule has 0 saturated carbocycles. The number of methoxy groups -OCH3 is 1. The molecule has 28 heavy (non-hydrogen) atoms. The van der Waals surface area contributed by atoms with Crippen molar-refractivity contribution >= 4 is 17.6 Å². The molecule has 2 aromatic rings. The van der Waals surface area contributed by atoms with Gasteiger partial charge in [-0.25, -0.2) is 4.79 Å². The van der Waals surface area contributed by atoms with Crippen molar-refractivity contribution in [3.05, 3.63) is 71.2 Å². The average molecular weight is 379 g/mol. The van der Waals surface area contributed by atoms with Crippen LogP contribution < -0.4 is 5.32 Å². The van der Waals surface area contributed by atoms with Crippen LogP contribution in [-0.2, 0) is 4.74 Å². The van der Waals surface area contributed by atoms with Crippen molar-refractivity contribution < 1.29 is 14.6 Å². The Kier molecular flexibility index (Phi) is 5.99. The SMILES string of the molecule is C=Cc1[nH]ncc1C1=CNC(c2ccc(O)c(C(=O)OC)c2)C=C1CCCC. The normalized spacial score (nSPS) is 16.0. The predicted octanol–water partition coefficient (Wildman–Crippen LogP) is 4.35. The number of carbonyl (C=O) groups is 1. The maximum atomic E-state index is 11.9. The Hall–Kier alpha value is -3.28. The number of nitrogens with one attached hydrogen (secondary N) is 2. The number of hydrogen-bond donors (Lipinski definition) is 3. The van der Waals surface area contributed by atoms with Crippen LogP contribution in [-0.4, -0.2) is 28.4 Å². The van der Waals surface area contributed by atoms with Crippen LogP contribution in [0.2, 0.25) is 0 Å². The van der Waals surface area contributed by atoms with Gasteiger partial charge >= 0.3 is 5.97 Å². The summed E-state index contributed by atoms with van der Waals surface area (Å²) < 4.78 is 4.76. The van der Waals surface area contributed by atoms with Crippen molar-refractivity contribution in [3.63, 3.8) is 0 Å². The van der Waals surface area contributed by atoms with E-state index in [0.29, 0.717) is 0 Å². The Balaban J connectivity index is 1.96. The summed E-state index contributed by atoms with van der Waals surface area (Å²) in [5.74, 6) is -0.651. The number of rotatable bonds is 7. The number of ether oxygens (including phenoxy) is 1. The van der Waals surface area contributed by atoms with E-state index in [2.05, 4.69) is 35.1 Å². The first-order valence-electron chi connectivity index (χ1n) is 9.33. The van der Waals surface area contributed by atoms with E-state index >= 15 is 0 Å². The number of allylic oxidation sites excluding steroid dienone is 2. The molecular weight excluding hydrogens is 354 g/mol. The first-order chi connectivity index (χ1) is 13.6. The van der Waals surface area contributed by atoms with Crippen LogP contribution in [0.1, 0.15) is 59.4 Å². The summed E-state index contributed by atoms with van der Waals surface area (Å²) in [5, 5.41) is 20.4. The maximum Gasteiger partial charge on any atom is 0.341 e. The van der Waals surface area contributed by atoms with Gasteiger partial charge in [-0.1, -0.05) is 32.1 Å². The van der Waals surface area contributed by atoms with Crippen LogP contribution in [0, 0.1) is 0 Å². The molecule has 1 aliphatic heterocycles. The highest BCUT2D eigenvalue weighted by atomic mass is 16.5. The minimum atomic E-state index is -0.560. The summed E-state index contributed by atoms with van der Waals surface area (Å²) in [6, 6.07) is 4.88. The lowest BCUT2D eigenvalue weighted by molar-refractivity contribution is 0.0597. The molecular formula is C22H25N3O3. The zero-order valence-electron chi connectivity index (χ0n) is 16.2. The summed E-state index contributed by atoms with van der Waals surface area (Å²) in [6.45, 7) is 6.01. The number of phenolic OH excluding ortho intramolecular Hbond substituents is 1. The van der Waals surface area contributed by atoms with E-state index in [1.807, 2.05) is 6.20 Å². The molecule has 146 valence electrons. The van der Waals surface area contributed by atoms with Crippen LogP contribution in [0.5, 0.6) is 5.75 Å². The second-order valence-electron chi connectivity index (χ2n) is 6.67. The van der Waals surface area contributed by atoms with Crippen molar-refractivity contribution in [1.29, 1.82) is 0 Å². The van der Waals surface area contributed by atoms with Gasteiger partial charge in [0.2, 0.25) is 0 Å². The Bertz CT molecular complexity index is 940. The van der Waals surface area contributed by atoms with Crippen LogP contribution >= 0.6 is 0 Å². The number of hydrogen-bond acceptors (Lipinski definition) is 5. The molecule has 0 spiro atoms. The first kappa shape index (κ1) is 19.5. The number of aromatic nitrogens is 2. The Morgan fingerprint density at radius 1 is 1.43 bits per heavy atom. The Morgan fingerprint density at radius 3 is 2.96 bits per heavy atom. The summed E-state index contributed by atoms with van der Waals surface area (Å²) in [6.07, 6.45) is 10.8. The van der Waals surface area contributed by atoms with Gasteiger partial charge in [-0.2, -0.15) is 5.10 Å². The summed E-state index contributed by atoms with van der Waals surface area (Å²) in [7, 11) is 1.30. The van der Waals surface area contributed by atoms with Gasteiger partial charge in [0.15, 0.2) is 0 Å². The van der Waals surface area contributed by atoms with E-state index in [0.717, 1.165) is 41.7 Å². The van der Waals surface area contributed by atoms with E-state index in [9.17, 15) is 9.90 Å². The topological polar surface area (TPSA) is 87.2 Å². The number of nitrogens with zero attached hydrogens (tertiary/aromatic N) is 1. The molecule has 3 N–H and O–H groups in total. The van der Waals surface area contributed by atoms with E-state index in [1.165, 1.54) is 18.7 Å². The molecule has 1 unspecified atom stereocenters. The number of phenols is 1. The molecule has 1 atom stereocenters. The molecule has 3 rings (SSSR count). The van der Waals surface area contributed by atoms with Crippen molar-refractivity contribution in [2.75, 3.05) is 7.11 Å². The predicted molar refractivity (Wildman–Crippen MR) is 110 cm³/mol. The van der Waals surface area contributed by atoms with Gasteiger partial charge in [0.25, 0.3) is 0 Å². The average Bonchev–Trinajstić information content (AvgIpc) is 3.20. The molecule has 0 radical (unpaired) electrons. The molecule has 0 amide bonds. The van der Waals surface area contributed by atoms with Crippen LogP contribution in [0.25, 0.3) is 11.6 Å².